The summed E-state index contributed by atoms with van der Waals surface area (Å²) in [5.41, 5.74) is 10.7. The van der Waals surface area contributed by atoms with Gasteiger partial charge in [0.1, 0.15) is 0 Å². The molecule has 1 nitrogen and oxygen atoms in total. The van der Waals surface area contributed by atoms with Crippen LogP contribution >= 0.6 is 0 Å². The number of benzene rings is 2. The fraction of sp³-hybridized carbons (Fsp3) is 0.423. The number of hydrogen-bond donors (Lipinski definition) is 0. The zero-order chi connectivity index (χ0) is 19.3. The third-order valence-electron chi connectivity index (χ3n) is 6.96. The van der Waals surface area contributed by atoms with Gasteiger partial charge in [-0.25, -0.2) is 0 Å². The van der Waals surface area contributed by atoms with Crippen molar-refractivity contribution in [2.45, 2.75) is 71.6 Å². The lowest BCUT2D eigenvalue weighted by molar-refractivity contribution is 0.0981. The Morgan fingerprint density at radius 3 is 1.67 bits per heavy atom. The number of rotatable bonds is 0. The second-order valence-corrected chi connectivity index (χ2v) is 8.84. The SMILES string of the molecule is C1CCC1.C=C1CC2(CC(=O)c3cc(C)c(C)cc32)c2cc(C)c(C)cc21. The predicted molar refractivity (Wildman–Crippen MR) is 114 cm³/mol. The van der Waals surface area contributed by atoms with Gasteiger partial charge in [0.2, 0.25) is 0 Å². The first-order valence-corrected chi connectivity index (χ1v) is 10.3. The Bertz CT molecular complexity index is 877. The topological polar surface area (TPSA) is 17.1 Å². The van der Waals surface area contributed by atoms with E-state index >= 15 is 0 Å². The molecule has 0 radical (unpaired) electrons. The molecule has 2 aromatic rings. The molecule has 0 heterocycles. The highest BCUT2D eigenvalue weighted by atomic mass is 16.1. The average molecular weight is 359 g/mol. The lowest BCUT2D eigenvalue weighted by Gasteiger charge is -2.26. The smallest absolute Gasteiger partial charge is 0.164 e. The maximum Gasteiger partial charge on any atom is 0.164 e. The Morgan fingerprint density at radius 1 is 0.704 bits per heavy atom. The van der Waals surface area contributed by atoms with E-state index in [1.165, 1.54) is 70.2 Å². The number of ketones is 1. The number of allylic oxidation sites excluding steroid dienone is 1. The van der Waals surface area contributed by atoms with E-state index in [1.807, 2.05) is 0 Å². The van der Waals surface area contributed by atoms with Crippen LogP contribution in [0.25, 0.3) is 5.57 Å². The molecule has 0 aliphatic heterocycles. The highest BCUT2D eigenvalue weighted by Gasteiger charge is 2.49. The molecule has 0 amide bonds. The molecule has 1 saturated carbocycles. The molecule has 3 aliphatic rings. The van der Waals surface area contributed by atoms with E-state index in [0.29, 0.717) is 6.42 Å². The quantitative estimate of drug-likeness (QED) is 0.508. The third-order valence-corrected chi connectivity index (χ3v) is 6.96. The van der Waals surface area contributed by atoms with Gasteiger partial charge in [-0.3, -0.25) is 4.79 Å². The van der Waals surface area contributed by atoms with Crippen molar-refractivity contribution in [1.82, 2.24) is 0 Å². The van der Waals surface area contributed by atoms with Crippen molar-refractivity contribution in [2.75, 3.05) is 0 Å². The highest BCUT2D eigenvalue weighted by Crippen LogP contribution is 2.56. The fourth-order valence-electron chi connectivity index (χ4n) is 4.61. The van der Waals surface area contributed by atoms with E-state index in [1.54, 1.807) is 0 Å². The molecule has 1 fully saturated rings. The minimum Gasteiger partial charge on any atom is -0.294 e. The van der Waals surface area contributed by atoms with Gasteiger partial charge in [0.25, 0.3) is 0 Å². The molecule has 27 heavy (non-hydrogen) atoms. The minimum absolute atomic E-state index is 0.185. The zero-order valence-electron chi connectivity index (χ0n) is 17.2. The molecule has 5 rings (SSSR count). The molecule has 1 atom stereocenters. The van der Waals surface area contributed by atoms with E-state index in [-0.39, 0.29) is 11.2 Å². The number of hydrogen-bond acceptors (Lipinski definition) is 1. The van der Waals surface area contributed by atoms with Crippen LogP contribution in [0, 0.1) is 27.7 Å². The van der Waals surface area contributed by atoms with Crippen LogP contribution in [-0.2, 0) is 5.41 Å². The summed E-state index contributed by atoms with van der Waals surface area (Å²) in [5, 5.41) is 0. The number of carbonyl (C=O) groups excluding carboxylic acids is 1. The third kappa shape index (κ3) is 2.79. The molecule has 3 aliphatic carbocycles. The van der Waals surface area contributed by atoms with Gasteiger partial charge in [-0.05, 0) is 84.7 Å². The Morgan fingerprint density at radius 2 is 1.15 bits per heavy atom. The largest absolute Gasteiger partial charge is 0.294 e. The lowest BCUT2D eigenvalue weighted by Crippen LogP contribution is -2.22. The van der Waals surface area contributed by atoms with Crippen molar-refractivity contribution in [2.24, 2.45) is 0 Å². The van der Waals surface area contributed by atoms with Crippen molar-refractivity contribution < 1.29 is 4.79 Å². The van der Waals surface area contributed by atoms with Crippen LogP contribution < -0.4 is 0 Å². The highest BCUT2D eigenvalue weighted by molar-refractivity contribution is 6.04. The van der Waals surface area contributed by atoms with Crippen molar-refractivity contribution in [3.63, 3.8) is 0 Å². The zero-order valence-corrected chi connectivity index (χ0v) is 17.2. The van der Waals surface area contributed by atoms with E-state index in [4.69, 9.17) is 0 Å². The molecule has 1 spiro atoms. The van der Waals surface area contributed by atoms with Crippen LogP contribution in [0.4, 0.5) is 0 Å². The molecule has 0 saturated heterocycles. The summed E-state index contributed by atoms with van der Waals surface area (Å²) in [5.74, 6) is 0.280. The number of aryl methyl sites for hydroxylation is 4. The Hall–Kier alpha value is -2.15. The molecule has 1 heteroatoms. The van der Waals surface area contributed by atoms with Crippen molar-refractivity contribution >= 4 is 11.4 Å². The second kappa shape index (κ2) is 6.48. The van der Waals surface area contributed by atoms with Gasteiger partial charge < -0.3 is 0 Å². The van der Waals surface area contributed by atoms with Gasteiger partial charge >= 0.3 is 0 Å². The number of Topliss-reactive ketones (excluding diaryl/α,β-unsaturated/α-hetero) is 1. The Balaban J connectivity index is 0.000000400. The van der Waals surface area contributed by atoms with Crippen LogP contribution in [-0.4, -0.2) is 5.78 Å². The van der Waals surface area contributed by atoms with Crippen molar-refractivity contribution in [3.05, 3.63) is 75.4 Å². The number of carbonyl (C=O) groups is 1. The monoisotopic (exact) mass is 358 g/mol. The summed E-state index contributed by atoms with van der Waals surface area (Å²) in [4.78, 5) is 12.7. The van der Waals surface area contributed by atoms with Crippen molar-refractivity contribution in [3.8, 4) is 0 Å². The predicted octanol–water partition coefficient (Wildman–Crippen LogP) is 6.77. The summed E-state index contributed by atoms with van der Waals surface area (Å²) >= 11 is 0. The van der Waals surface area contributed by atoms with E-state index in [2.05, 4.69) is 58.5 Å². The van der Waals surface area contributed by atoms with Gasteiger partial charge in [0, 0.05) is 17.4 Å². The Labute approximate surface area is 163 Å². The lowest BCUT2D eigenvalue weighted by atomic mass is 9.75. The second-order valence-electron chi connectivity index (χ2n) is 8.84. The molecular formula is C26H30O. The average Bonchev–Trinajstić information content (AvgIpc) is 2.95. The maximum atomic E-state index is 12.7. The minimum atomic E-state index is -0.185. The van der Waals surface area contributed by atoms with E-state index < -0.39 is 0 Å². The van der Waals surface area contributed by atoms with Gasteiger partial charge in [0.15, 0.2) is 5.78 Å². The van der Waals surface area contributed by atoms with Gasteiger partial charge in [-0.2, -0.15) is 0 Å². The summed E-state index contributed by atoms with van der Waals surface area (Å²) in [6.07, 6.45) is 7.45. The normalized spacial score (nSPS) is 22.2. The van der Waals surface area contributed by atoms with Crippen LogP contribution in [0.1, 0.15) is 87.8 Å². The van der Waals surface area contributed by atoms with Crippen LogP contribution in [0.15, 0.2) is 30.8 Å². The Kier molecular flexibility index (Phi) is 4.37. The van der Waals surface area contributed by atoms with E-state index in [9.17, 15) is 4.79 Å². The molecule has 140 valence electrons. The molecule has 2 aromatic carbocycles. The van der Waals surface area contributed by atoms with Gasteiger partial charge in [0.05, 0.1) is 0 Å². The fourth-order valence-corrected chi connectivity index (χ4v) is 4.61. The maximum absolute atomic E-state index is 12.7. The van der Waals surface area contributed by atoms with Gasteiger partial charge in [-0.1, -0.05) is 50.5 Å². The van der Waals surface area contributed by atoms with Crippen LogP contribution in [0.2, 0.25) is 0 Å². The first-order valence-electron chi connectivity index (χ1n) is 10.3. The molecule has 0 N–H and O–H groups in total. The standard InChI is InChI=1S/C22H22O.C4H8/c1-12-6-17-16(5)10-22(19(17)8-14(12)3)11-21(23)18-7-13(2)15(4)9-20(18)22;1-2-4-3-1/h6-9H,5,10-11H2,1-4H3;1-4H2. The van der Waals surface area contributed by atoms with Crippen molar-refractivity contribution in [1.29, 1.82) is 0 Å². The van der Waals surface area contributed by atoms with E-state index in [0.717, 1.165) is 12.0 Å². The molecule has 0 aromatic heterocycles. The first kappa shape index (κ1) is 18.2. The first-order chi connectivity index (χ1) is 12.8. The molecular weight excluding hydrogens is 328 g/mol. The summed E-state index contributed by atoms with van der Waals surface area (Å²) in [7, 11) is 0. The van der Waals surface area contributed by atoms with Crippen LogP contribution in [0.5, 0.6) is 0 Å². The summed E-state index contributed by atoms with van der Waals surface area (Å²) in [6, 6.07) is 8.88. The summed E-state index contributed by atoms with van der Waals surface area (Å²) < 4.78 is 0. The number of fused-ring (bicyclic) bond motifs is 4. The van der Waals surface area contributed by atoms with Gasteiger partial charge in [-0.15, -0.1) is 0 Å². The molecule has 0 bridgehead atoms. The summed E-state index contributed by atoms with van der Waals surface area (Å²) in [6.45, 7) is 12.8. The molecule has 1 unspecified atom stereocenters. The van der Waals surface area contributed by atoms with Crippen LogP contribution in [0.3, 0.4) is 0 Å².